The second-order valence-electron chi connectivity index (χ2n) is 4.35. The monoisotopic (exact) mass is 394 g/mol. The van der Waals surface area contributed by atoms with Gasteiger partial charge in [-0.15, -0.1) is 0 Å². The van der Waals surface area contributed by atoms with Crippen molar-refractivity contribution in [2.75, 3.05) is 7.11 Å². The van der Waals surface area contributed by atoms with Gasteiger partial charge in [-0.25, -0.2) is 5.43 Å². The highest BCUT2D eigenvalue weighted by molar-refractivity contribution is 14.1. The Labute approximate surface area is 137 Å². The molecule has 0 aliphatic carbocycles. The molecule has 0 spiro atoms. The molecule has 108 valence electrons. The van der Waals surface area contributed by atoms with Gasteiger partial charge in [0, 0.05) is 3.57 Å². The fourth-order valence-corrected chi connectivity index (χ4v) is 2.37. The molecule has 21 heavy (non-hydrogen) atoms. The van der Waals surface area contributed by atoms with Crippen molar-refractivity contribution in [2.45, 2.75) is 6.92 Å². The Bertz CT molecular complexity index is 666. The van der Waals surface area contributed by atoms with Crippen molar-refractivity contribution in [3.63, 3.8) is 0 Å². The molecule has 2 aromatic carbocycles. The molecule has 0 unspecified atom stereocenters. The van der Waals surface area contributed by atoms with Crippen LogP contribution in [0.4, 0.5) is 0 Å². The number of halogens is 1. The highest BCUT2D eigenvalue weighted by Crippen LogP contribution is 2.13. The Kier molecular flexibility index (Phi) is 5.32. The summed E-state index contributed by atoms with van der Waals surface area (Å²) in [5.74, 6) is 0.572. The van der Waals surface area contributed by atoms with Crippen molar-refractivity contribution >= 4 is 34.2 Å². The Morgan fingerprint density at radius 3 is 2.43 bits per heavy atom. The van der Waals surface area contributed by atoms with E-state index in [1.54, 1.807) is 13.2 Å². The summed E-state index contributed by atoms with van der Waals surface area (Å²) in [5.41, 5.74) is 4.86. The van der Waals surface area contributed by atoms with Crippen molar-refractivity contribution in [3.05, 3.63) is 63.2 Å². The largest absolute Gasteiger partial charge is 0.497 e. The third-order valence-corrected chi connectivity index (χ3v) is 3.89. The minimum Gasteiger partial charge on any atom is -0.497 e. The first-order valence-electron chi connectivity index (χ1n) is 6.35. The van der Waals surface area contributed by atoms with E-state index in [1.807, 2.05) is 49.4 Å². The zero-order chi connectivity index (χ0) is 15.2. The van der Waals surface area contributed by atoms with Gasteiger partial charge in [0.1, 0.15) is 5.75 Å². The number of carbonyl (C=O) groups excluding carboxylic acids is 1. The lowest BCUT2D eigenvalue weighted by molar-refractivity contribution is 0.0954. The molecule has 1 N–H and O–H groups in total. The van der Waals surface area contributed by atoms with Crippen LogP contribution in [0.5, 0.6) is 5.75 Å². The fourth-order valence-electron chi connectivity index (χ4n) is 1.74. The second kappa shape index (κ2) is 7.21. The van der Waals surface area contributed by atoms with Crippen LogP contribution in [0, 0.1) is 3.57 Å². The Morgan fingerprint density at radius 2 is 1.81 bits per heavy atom. The van der Waals surface area contributed by atoms with E-state index in [0.717, 1.165) is 20.6 Å². The number of hydrogen-bond donors (Lipinski definition) is 1. The number of amides is 1. The standard InChI is InChI=1S/C16H15IN2O2/c1-11(12-7-9-13(21-2)10-8-12)18-19-16(20)14-5-3-4-6-15(14)17/h3-10H,1-2H3,(H,19,20)/b18-11-. The molecule has 5 heteroatoms. The lowest BCUT2D eigenvalue weighted by Crippen LogP contribution is -2.20. The molecule has 0 radical (unpaired) electrons. The van der Waals surface area contributed by atoms with Crippen LogP contribution in [-0.2, 0) is 0 Å². The SMILES string of the molecule is COc1ccc(/C(C)=N\NC(=O)c2ccccc2I)cc1. The van der Waals surface area contributed by atoms with Crippen LogP contribution < -0.4 is 10.2 Å². The van der Waals surface area contributed by atoms with Crippen molar-refractivity contribution in [2.24, 2.45) is 5.10 Å². The normalized spacial score (nSPS) is 11.1. The van der Waals surface area contributed by atoms with Crippen LogP contribution in [-0.4, -0.2) is 18.7 Å². The molecule has 0 bridgehead atoms. The highest BCUT2D eigenvalue weighted by atomic mass is 127. The summed E-state index contributed by atoms with van der Waals surface area (Å²) < 4.78 is 6.00. The Hall–Kier alpha value is -1.89. The number of hydrazone groups is 1. The molecule has 0 aromatic heterocycles. The van der Waals surface area contributed by atoms with Gasteiger partial charge in [-0.1, -0.05) is 12.1 Å². The highest BCUT2D eigenvalue weighted by Gasteiger charge is 2.08. The summed E-state index contributed by atoms with van der Waals surface area (Å²) in [6.45, 7) is 1.85. The molecular weight excluding hydrogens is 379 g/mol. The van der Waals surface area contributed by atoms with Crippen LogP contribution in [0.15, 0.2) is 53.6 Å². The molecule has 2 aromatic rings. The maximum atomic E-state index is 12.1. The van der Waals surface area contributed by atoms with E-state index in [4.69, 9.17) is 4.74 Å². The van der Waals surface area contributed by atoms with Crippen LogP contribution in [0.25, 0.3) is 0 Å². The van der Waals surface area contributed by atoms with Crippen molar-refractivity contribution in [3.8, 4) is 5.75 Å². The summed E-state index contributed by atoms with van der Waals surface area (Å²) >= 11 is 2.13. The van der Waals surface area contributed by atoms with E-state index < -0.39 is 0 Å². The lowest BCUT2D eigenvalue weighted by atomic mass is 10.1. The quantitative estimate of drug-likeness (QED) is 0.491. The van der Waals surface area contributed by atoms with Gasteiger partial charge < -0.3 is 4.74 Å². The van der Waals surface area contributed by atoms with Gasteiger partial charge in [-0.3, -0.25) is 4.79 Å². The second-order valence-corrected chi connectivity index (χ2v) is 5.51. The molecule has 0 heterocycles. The summed E-state index contributed by atoms with van der Waals surface area (Å²) in [4.78, 5) is 12.1. The van der Waals surface area contributed by atoms with Crippen LogP contribution in [0.1, 0.15) is 22.8 Å². The van der Waals surface area contributed by atoms with Crippen LogP contribution >= 0.6 is 22.6 Å². The zero-order valence-corrected chi connectivity index (χ0v) is 13.9. The first kappa shape index (κ1) is 15.5. The maximum Gasteiger partial charge on any atom is 0.272 e. The molecule has 0 fully saturated rings. The number of ether oxygens (including phenoxy) is 1. The number of nitrogens with one attached hydrogen (secondary N) is 1. The molecule has 0 saturated heterocycles. The minimum absolute atomic E-state index is 0.215. The zero-order valence-electron chi connectivity index (χ0n) is 11.8. The van der Waals surface area contributed by atoms with Crippen LogP contribution in [0.2, 0.25) is 0 Å². The number of rotatable bonds is 4. The molecule has 0 aliphatic rings. The molecule has 1 amide bonds. The number of methoxy groups -OCH3 is 1. The molecule has 4 nitrogen and oxygen atoms in total. The van der Waals surface area contributed by atoms with Gasteiger partial charge in [-0.05, 0) is 71.5 Å². The molecule has 0 atom stereocenters. The van der Waals surface area contributed by atoms with Crippen molar-refractivity contribution in [1.82, 2.24) is 5.43 Å². The van der Waals surface area contributed by atoms with Crippen LogP contribution in [0.3, 0.4) is 0 Å². The lowest BCUT2D eigenvalue weighted by Gasteiger charge is -2.05. The smallest absolute Gasteiger partial charge is 0.272 e. The minimum atomic E-state index is -0.215. The van der Waals surface area contributed by atoms with E-state index in [1.165, 1.54) is 0 Å². The van der Waals surface area contributed by atoms with Gasteiger partial charge in [0.05, 0.1) is 18.4 Å². The predicted molar refractivity (Wildman–Crippen MR) is 91.8 cm³/mol. The van der Waals surface area contributed by atoms with Gasteiger partial charge in [0.25, 0.3) is 5.91 Å². The van der Waals surface area contributed by atoms with Crippen molar-refractivity contribution in [1.29, 1.82) is 0 Å². The molecule has 0 saturated carbocycles. The molecule has 2 rings (SSSR count). The van der Waals surface area contributed by atoms with Gasteiger partial charge in [-0.2, -0.15) is 5.10 Å². The summed E-state index contributed by atoms with van der Waals surface area (Å²) in [6.07, 6.45) is 0. The average molecular weight is 394 g/mol. The predicted octanol–water partition coefficient (Wildman–Crippen LogP) is 3.45. The summed E-state index contributed by atoms with van der Waals surface area (Å²) in [7, 11) is 1.62. The first-order chi connectivity index (χ1) is 10.1. The molecule has 0 aliphatic heterocycles. The van der Waals surface area contributed by atoms with E-state index in [9.17, 15) is 4.79 Å². The number of carbonyl (C=O) groups is 1. The van der Waals surface area contributed by atoms with Crippen molar-refractivity contribution < 1.29 is 9.53 Å². The number of nitrogens with zero attached hydrogens (tertiary/aromatic N) is 1. The van der Waals surface area contributed by atoms with Gasteiger partial charge in [0.2, 0.25) is 0 Å². The Morgan fingerprint density at radius 1 is 1.14 bits per heavy atom. The average Bonchev–Trinajstić information content (AvgIpc) is 2.52. The third-order valence-electron chi connectivity index (χ3n) is 2.95. The van der Waals surface area contributed by atoms with E-state index in [0.29, 0.717) is 5.56 Å². The van der Waals surface area contributed by atoms with Gasteiger partial charge >= 0.3 is 0 Å². The third kappa shape index (κ3) is 4.04. The summed E-state index contributed by atoms with van der Waals surface area (Å²) in [5, 5.41) is 4.14. The van der Waals surface area contributed by atoms with E-state index in [2.05, 4.69) is 33.1 Å². The van der Waals surface area contributed by atoms with Gasteiger partial charge in [0.15, 0.2) is 0 Å². The summed E-state index contributed by atoms with van der Waals surface area (Å²) in [6, 6.07) is 14.9. The number of hydrogen-bond acceptors (Lipinski definition) is 3. The number of benzene rings is 2. The fraction of sp³-hybridized carbons (Fsp3) is 0.125. The molecular formula is C16H15IN2O2. The Balaban J connectivity index is 2.09. The maximum absolute atomic E-state index is 12.1. The van der Waals surface area contributed by atoms with E-state index in [-0.39, 0.29) is 5.91 Å². The van der Waals surface area contributed by atoms with E-state index >= 15 is 0 Å². The topological polar surface area (TPSA) is 50.7 Å². The first-order valence-corrected chi connectivity index (χ1v) is 7.43.